The number of ether oxygens (including phenoxy) is 1. The molecule has 27 heavy (non-hydrogen) atoms. The molecule has 0 aliphatic rings. The minimum absolute atomic E-state index is 0.139. The van der Waals surface area contributed by atoms with Crippen LogP contribution in [-0.4, -0.2) is 26.7 Å². The van der Waals surface area contributed by atoms with Crippen LogP contribution in [0.3, 0.4) is 0 Å². The summed E-state index contributed by atoms with van der Waals surface area (Å²) in [6.07, 6.45) is -0.469. The zero-order valence-electron chi connectivity index (χ0n) is 15.1. The van der Waals surface area contributed by atoms with Crippen LogP contribution in [0.1, 0.15) is 25.0 Å². The highest BCUT2D eigenvalue weighted by Gasteiger charge is 2.16. The van der Waals surface area contributed by atoms with E-state index in [4.69, 9.17) is 4.74 Å². The Morgan fingerprint density at radius 3 is 2.44 bits per heavy atom. The van der Waals surface area contributed by atoms with Crippen LogP contribution in [0.5, 0.6) is 5.75 Å². The average Bonchev–Trinajstić information content (AvgIpc) is 2.68. The maximum atomic E-state index is 12.4. The molecule has 1 atom stereocenters. The highest BCUT2D eigenvalue weighted by molar-refractivity contribution is 7.89. The van der Waals surface area contributed by atoms with Crippen LogP contribution in [0.2, 0.25) is 0 Å². The highest BCUT2D eigenvalue weighted by atomic mass is 32.2. The third-order valence-electron chi connectivity index (χ3n) is 4.34. The number of aliphatic hydroxyl groups is 1. The van der Waals surface area contributed by atoms with Gasteiger partial charge in [-0.25, -0.2) is 13.1 Å². The summed E-state index contributed by atoms with van der Waals surface area (Å²) in [6.45, 7) is 2.53. The van der Waals surface area contributed by atoms with Crippen LogP contribution in [0.15, 0.2) is 71.6 Å². The molecule has 0 saturated heterocycles. The van der Waals surface area contributed by atoms with Gasteiger partial charge in [0.1, 0.15) is 5.75 Å². The van der Waals surface area contributed by atoms with E-state index in [1.54, 1.807) is 12.1 Å². The van der Waals surface area contributed by atoms with Crippen LogP contribution in [0.4, 0.5) is 0 Å². The number of fused-ring (bicyclic) bond motifs is 1. The second kappa shape index (κ2) is 8.52. The van der Waals surface area contributed by atoms with E-state index in [0.29, 0.717) is 12.4 Å². The Hall–Kier alpha value is -2.41. The van der Waals surface area contributed by atoms with Crippen molar-refractivity contribution in [2.45, 2.75) is 24.3 Å². The lowest BCUT2D eigenvalue weighted by atomic mass is 9.99. The molecule has 3 aromatic carbocycles. The first kappa shape index (κ1) is 19.4. The van der Waals surface area contributed by atoms with Crippen LogP contribution >= 0.6 is 0 Å². The SMILES string of the molecule is CCOc1ccc(S(=O)(=O)NCCC(O)c2cccc3ccccc23)cc1. The quantitative estimate of drug-likeness (QED) is 0.621. The van der Waals surface area contributed by atoms with Gasteiger partial charge < -0.3 is 9.84 Å². The fourth-order valence-corrected chi connectivity index (χ4v) is 4.04. The third kappa shape index (κ3) is 4.66. The first-order valence-electron chi connectivity index (χ1n) is 8.89. The Labute approximate surface area is 159 Å². The second-order valence-corrected chi connectivity index (χ2v) is 7.94. The van der Waals surface area contributed by atoms with Crippen molar-refractivity contribution in [2.24, 2.45) is 0 Å². The van der Waals surface area contributed by atoms with Crippen molar-refractivity contribution in [3.63, 3.8) is 0 Å². The minimum atomic E-state index is -3.63. The first-order chi connectivity index (χ1) is 13.0. The summed E-state index contributed by atoms with van der Waals surface area (Å²) < 4.78 is 32.7. The van der Waals surface area contributed by atoms with Crippen molar-refractivity contribution < 1.29 is 18.3 Å². The molecular weight excluding hydrogens is 362 g/mol. The van der Waals surface area contributed by atoms with Crippen molar-refractivity contribution in [2.75, 3.05) is 13.2 Å². The van der Waals surface area contributed by atoms with E-state index < -0.39 is 16.1 Å². The standard InChI is InChI=1S/C21H23NO4S/c1-2-26-17-10-12-18(13-11-17)27(24,25)22-15-14-21(23)20-9-5-7-16-6-3-4-8-19(16)20/h3-13,21-23H,2,14-15H2,1H3. The first-order valence-corrected chi connectivity index (χ1v) is 10.4. The normalized spacial score (nSPS) is 12.8. The summed E-state index contributed by atoms with van der Waals surface area (Å²) in [5.74, 6) is 0.628. The van der Waals surface area contributed by atoms with Crippen LogP contribution in [-0.2, 0) is 10.0 Å². The maximum absolute atomic E-state index is 12.4. The van der Waals surface area contributed by atoms with E-state index in [-0.39, 0.29) is 17.9 Å². The number of hydrogen-bond donors (Lipinski definition) is 2. The summed E-state index contributed by atoms with van der Waals surface area (Å²) in [5, 5.41) is 12.5. The Bertz CT molecular complexity index is 995. The van der Waals surface area contributed by atoms with E-state index in [0.717, 1.165) is 16.3 Å². The molecule has 0 fully saturated rings. The maximum Gasteiger partial charge on any atom is 0.240 e. The minimum Gasteiger partial charge on any atom is -0.494 e. The van der Waals surface area contributed by atoms with Crippen molar-refractivity contribution >= 4 is 20.8 Å². The van der Waals surface area contributed by atoms with Gasteiger partial charge in [-0.3, -0.25) is 0 Å². The van der Waals surface area contributed by atoms with Gasteiger partial charge in [0.2, 0.25) is 10.0 Å². The molecule has 0 aliphatic carbocycles. The van der Waals surface area contributed by atoms with E-state index in [9.17, 15) is 13.5 Å². The zero-order chi connectivity index (χ0) is 19.3. The molecule has 0 radical (unpaired) electrons. The van der Waals surface area contributed by atoms with Gasteiger partial charge in [0.05, 0.1) is 17.6 Å². The van der Waals surface area contributed by atoms with Gasteiger partial charge in [0.15, 0.2) is 0 Å². The molecule has 6 heteroatoms. The number of benzene rings is 3. The third-order valence-corrected chi connectivity index (χ3v) is 5.81. The smallest absolute Gasteiger partial charge is 0.240 e. The Morgan fingerprint density at radius 2 is 1.70 bits per heavy atom. The van der Waals surface area contributed by atoms with Gasteiger partial charge in [0, 0.05) is 6.54 Å². The van der Waals surface area contributed by atoms with E-state index in [1.165, 1.54) is 12.1 Å². The van der Waals surface area contributed by atoms with Gasteiger partial charge in [-0.15, -0.1) is 0 Å². The molecule has 3 rings (SSSR count). The fraction of sp³-hybridized carbons (Fsp3) is 0.238. The average molecular weight is 385 g/mol. The number of rotatable bonds is 8. The van der Waals surface area contributed by atoms with Gasteiger partial charge >= 0.3 is 0 Å². The molecular formula is C21H23NO4S. The van der Waals surface area contributed by atoms with Gasteiger partial charge in [0.25, 0.3) is 0 Å². The van der Waals surface area contributed by atoms with E-state index in [2.05, 4.69) is 4.72 Å². The summed E-state index contributed by atoms with van der Waals surface area (Å²) in [6, 6.07) is 19.8. The van der Waals surface area contributed by atoms with Gasteiger partial charge in [-0.1, -0.05) is 42.5 Å². The number of hydrogen-bond acceptors (Lipinski definition) is 4. The topological polar surface area (TPSA) is 75.6 Å². The molecule has 0 saturated carbocycles. The predicted molar refractivity (Wildman–Crippen MR) is 106 cm³/mol. The molecule has 0 heterocycles. The molecule has 0 bridgehead atoms. The van der Waals surface area contributed by atoms with Crippen LogP contribution < -0.4 is 9.46 Å². The van der Waals surface area contributed by atoms with E-state index in [1.807, 2.05) is 49.4 Å². The zero-order valence-corrected chi connectivity index (χ0v) is 15.9. The molecule has 2 N–H and O–H groups in total. The lowest BCUT2D eigenvalue weighted by Crippen LogP contribution is -2.26. The molecule has 3 aromatic rings. The van der Waals surface area contributed by atoms with Gasteiger partial charge in [-0.05, 0) is 53.9 Å². The molecule has 0 aromatic heterocycles. The largest absolute Gasteiger partial charge is 0.494 e. The number of sulfonamides is 1. The van der Waals surface area contributed by atoms with Crippen molar-refractivity contribution in [1.29, 1.82) is 0 Å². The van der Waals surface area contributed by atoms with Crippen molar-refractivity contribution in [3.05, 3.63) is 72.3 Å². The summed E-state index contributed by atoms with van der Waals surface area (Å²) >= 11 is 0. The van der Waals surface area contributed by atoms with Crippen LogP contribution in [0.25, 0.3) is 10.8 Å². The second-order valence-electron chi connectivity index (χ2n) is 6.18. The number of aliphatic hydroxyl groups excluding tert-OH is 1. The molecule has 5 nitrogen and oxygen atoms in total. The Kier molecular flexibility index (Phi) is 6.11. The highest BCUT2D eigenvalue weighted by Crippen LogP contribution is 2.26. The van der Waals surface area contributed by atoms with E-state index >= 15 is 0 Å². The molecule has 142 valence electrons. The lowest BCUT2D eigenvalue weighted by molar-refractivity contribution is 0.170. The Balaban J connectivity index is 1.64. The molecule has 1 unspecified atom stereocenters. The summed E-state index contributed by atoms with van der Waals surface area (Å²) in [5.41, 5.74) is 0.799. The fourth-order valence-electron chi connectivity index (χ4n) is 2.99. The molecule has 0 amide bonds. The van der Waals surface area contributed by atoms with Crippen molar-refractivity contribution in [1.82, 2.24) is 4.72 Å². The van der Waals surface area contributed by atoms with Crippen LogP contribution in [0, 0.1) is 0 Å². The predicted octanol–water partition coefficient (Wildman–Crippen LogP) is 3.64. The molecule has 0 spiro atoms. The summed E-state index contributed by atoms with van der Waals surface area (Å²) in [4.78, 5) is 0.172. The summed E-state index contributed by atoms with van der Waals surface area (Å²) in [7, 11) is -3.63. The van der Waals surface area contributed by atoms with Gasteiger partial charge in [-0.2, -0.15) is 0 Å². The Morgan fingerprint density at radius 1 is 1.00 bits per heavy atom. The monoisotopic (exact) mass is 385 g/mol. The molecule has 0 aliphatic heterocycles. The lowest BCUT2D eigenvalue weighted by Gasteiger charge is -2.14. The van der Waals surface area contributed by atoms with Crippen molar-refractivity contribution in [3.8, 4) is 5.75 Å². The number of nitrogens with one attached hydrogen (secondary N) is 1.